The quantitative estimate of drug-likeness (QED) is 0.336. The van der Waals surface area contributed by atoms with Crippen LogP contribution in [0, 0.1) is 0 Å². The van der Waals surface area contributed by atoms with Crippen molar-refractivity contribution in [3.63, 3.8) is 0 Å². The van der Waals surface area contributed by atoms with Crippen LogP contribution in [0.5, 0.6) is 0 Å². The van der Waals surface area contributed by atoms with Crippen molar-refractivity contribution in [3.05, 3.63) is 59.2 Å². The van der Waals surface area contributed by atoms with E-state index in [0.717, 1.165) is 38.1 Å². The third kappa shape index (κ3) is 6.67. The maximum atomic E-state index is 13.8. The number of anilines is 1. The molecule has 11 heteroatoms. The number of benzene rings is 2. The summed E-state index contributed by atoms with van der Waals surface area (Å²) in [5, 5.41) is 15.2. The topological polar surface area (TPSA) is 61.4 Å². The first-order valence-corrected chi connectivity index (χ1v) is 10.7. The summed E-state index contributed by atoms with van der Waals surface area (Å²) in [5.41, 5.74) is -3.97. The van der Waals surface area contributed by atoms with E-state index in [1.807, 2.05) is 0 Å². The maximum Gasteiger partial charge on any atom is 0.418 e. The van der Waals surface area contributed by atoms with Crippen molar-refractivity contribution >= 4 is 29.5 Å². The number of aliphatic carboxylic acids is 1. The number of halogens is 6. The van der Waals surface area contributed by atoms with Gasteiger partial charge in [-0.1, -0.05) is 23.9 Å². The smallest absolute Gasteiger partial charge is 0.418 e. The molecular formula is C22H20F6N2O2S. The van der Waals surface area contributed by atoms with Gasteiger partial charge in [-0.15, -0.1) is 0 Å². The average molecular weight is 490 g/mol. The van der Waals surface area contributed by atoms with Crippen LogP contribution in [-0.4, -0.2) is 30.2 Å². The number of carboxylic acid groups (broad SMARTS) is 1. The van der Waals surface area contributed by atoms with Gasteiger partial charge in [-0.3, -0.25) is 0 Å². The van der Waals surface area contributed by atoms with E-state index in [0.29, 0.717) is 34.5 Å². The Morgan fingerprint density at radius 3 is 2.30 bits per heavy atom. The Morgan fingerprint density at radius 2 is 1.70 bits per heavy atom. The third-order valence-electron chi connectivity index (χ3n) is 4.94. The predicted molar refractivity (Wildman–Crippen MR) is 113 cm³/mol. The first kappa shape index (κ1) is 25.0. The van der Waals surface area contributed by atoms with Crippen LogP contribution in [0.4, 0.5) is 32.0 Å². The monoisotopic (exact) mass is 490 g/mol. The maximum absolute atomic E-state index is 13.8. The molecule has 3 N–H and O–H groups in total. The van der Waals surface area contributed by atoms with Gasteiger partial charge in [0.05, 0.1) is 11.1 Å². The number of nitrogens with one attached hydrogen (secondary N) is 2. The Bertz CT molecular complexity index is 1030. The molecule has 178 valence electrons. The number of hydrogen-bond donors (Lipinski definition) is 3. The van der Waals surface area contributed by atoms with Crippen LogP contribution in [0.3, 0.4) is 0 Å². The van der Waals surface area contributed by atoms with Crippen LogP contribution in [0.15, 0.2) is 52.3 Å². The van der Waals surface area contributed by atoms with Gasteiger partial charge >= 0.3 is 18.3 Å². The van der Waals surface area contributed by atoms with Gasteiger partial charge in [0, 0.05) is 27.6 Å². The first-order valence-electron chi connectivity index (χ1n) is 9.92. The van der Waals surface area contributed by atoms with E-state index in [1.54, 1.807) is 18.2 Å². The van der Waals surface area contributed by atoms with Crippen LogP contribution >= 0.6 is 11.8 Å². The van der Waals surface area contributed by atoms with E-state index < -0.39 is 39.9 Å². The predicted octanol–water partition coefficient (Wildman–Crippen LogP) is 6.14. The Labute approximate surface area is 190 Å². The molecule has 1 saturated heterocycles. The molecule has 0 amide bonds. The zero-order valence-corrected chi connectivity index (χ0v) is 17.9. The van der Waals surface area contributed by atoms with Gasteiger partial charge in [-0.05, 0) is 61.8 Å². The lowest BCUT2D eigenvalue weighted by Crippen LogP contribution is -2.35. The molecule has 1 aliphatic rings. The minimum Gasteiger partial charge on any atom is -0.478 e. The molecule has 2 aromatic carbocycles. The second kappa shape index (κ2) is 10.1. The van der Waals surface area contributed by atoms with E-state index in [9.17, 15) is 31.1 Å². The van der Waals surface area contributed by atoms with Crippen LogP contribution in [0.2, 0.25) is 0 Å². The van der Waals surface area contributed by atoms with E-state index >= 15 is 0 Å². The summed E-state index contributed by atoms with van der Waals surface area (Å²) in [7, 11) is 0. The van der Waals surface area contributed by atoms with Crippen LogP contribution in [0.1, 0.15) is 29.5 Å². The third-order valence-corrected chi connectivity index (χ3v) is 5.99. The van der Waals surface area contributed by atoms with Gasteiger partial charge in [0.2, 0.25) is 0 Å². The van der Waals surface area contributed by atoms with Crippen molar-refractivity contribution in [1.29, 1.82) is 0 Å². The van der Waals surface area contributed by atoms with Gasteiger partial charge < -0.3 is 15.7 Å². The molecule has 2 aromatic rings. The lowest BCUT2D eigenvalue weighted by atomic mass is 9.99. The SMILES string of the molecule is O=C(O)/C=C/c1ccc(Sc2cccc(NC3CCNCC3)c2)c(C(F)(F)F)c1C(F)(F)F. The van der Waals surface area contributed by atoms with Crippen molar-refractivity contribution in [3.8, 4) is 0 Å². The van der Waals surface area contributed by atoms with E-state index in [-0.39, 0.29) is 6.04 Å². The highest BCUT2D eigenvalue weighted by Gasteiger charge is 2.46. The zero-order chi connectivity index (χ0) is 24.2. The summed E-state index contributed by atoms with van der Waals surface area (Å²) < 4.78 is 82.6. The Morgan fingerprint density at radius 1 is 1.03 bits per heavy atom. The minimum absolute atomic E-state index is 0.189. The van der Waals surface area contributed by atoms with Crippen molar-refractivity contribution in [2.75, 3.05) is 18.4 Å². The van der Waals surface area contributed by atoms with Crippen molar-refractivity contribution in [2.24, 2.45) is 0 Å². The van der Waals surface area contributed by atoms with Crippen molar-refractivity contribution < 1.29 is 36.2 Å². The summed E-state index contributed by atoms with van der Waals surface area (Å²) in [6.45, 7) is 1.67. The minimum atomic E-state index is -5.35. The molecule has 0 bridgehead atoms. The number of carboxylic acids is 1. The second-order valence-electron chi connectivity index (χ2n) is 7.37. The largest absolute Gasteiger partial charge is 0.478 e. The van der Waals surface area contributed by atoms with Gasteiger partial charge in [-0.2, -0.15) is 26.3 Å². The average Bonchev–Trinajstić information content (AvgIpc) is 2.72. The Hall–Kier alpha value is -2.66. The van der Waals surface area contributed by atoms with Gasteiger partial charge in [0.25, 0.3) is 0 Å². The summed E-state index contributed by atoms with van der Waals surface area (Å²) in [6, 6.07) is 8.44. The summed E-state index contributed by atoms with van der Waals surface area (Å²) in [6.07, 6.45) is -8.04. The summed E-state index contributed by atoms with van der Waals surface area (Å²) in [5.74, 6) is -1.58. The molecule has 0 aromatic heterocycles. The molecule has 0 radical (unpaired) electrons. The van der Waals surface area contributed by atoms with E-state index in [1.165, 1.54) is 6.07 Å². The number of piperidine rings is 1. The molecule has 1 aliphatic heterocycles. The van der Waals surface area contributed by atoms with Gasteiger partial charge in [0.15, 0.2) is 0 Å². The molecule has 1 heterocycles. The second-order valence-corrected chi connectivity index (χ2v) is 8.48. The molecule has 0 aliphatic carbocycles. The first-order chi connectivity index (χ1) is 15.4. The molecule has 0 spiro atoms. The molecule has 0 unspecified atom stereocenters. The number of rotatable bonds is 6. The number of carbonyl (C=O) groups is 1. The fourth-order valence-corrected chi connectivity index (χ4v) is 4.59. The fourth-order valence-electron chi connectivity index (χ4n) is 3.55. The highest BCUT2D eigenvalue weighted by Crippen LogP contribution is 2.48. The van der Waals surface area contributed by atoms with Gasteiger partial charge in [0.1, 0.15) is 0 Å². The lowest BCUT2D eigenvalue weighted by Gasteiger charge is -2.25. The van der Waals surface area contributed by atoms with Crippen molar-refractivity contribution in [1.82, 2.24) is 5.32 Å². The lowest BCUT2D eigenvalue weighted by molar-refractivity contribution is -0.163. The molecule has 1 fully saturated rings. The molecule has 0 atom stereocenters. The molecule has 33 heavy (non-hydrogen) atoms. The Balaban J connectivity index is 2.01. The van der Waals surface area contributed by atoms with Crippen LogP contribution in [0.25, 0.3) is 6.08 Å². The molecule has 0 saturated carbocycles. The standard InChI is InChI=1S/C22H20F6N2O2S/c23-21(24,25)19-13(5-7-18(31)32)4-6-17(20(19)22(26,27)28)33-16-3-1-2-15(12-16)30-14-8-10-29-11-9-14/h1-7,12,14,29-30H,8-11H2,(H,31,32)/b7-5+. The zero-order valence-electron chi connectivity index (χ0n) is 17.1. The molecular weight excluding hydrogens is 470 g/mol. The highest BCUT2D eigenvalue weighted by atomic mass is 32.2. The fraction of sp³-hybridized carbons (Fsp3) is 0.318. The molecule has 3 rings (SSSR count). The van der Waals surface area contributed by atoms with Crippen molar-refractivity contribution in [2.45, 2.75) is 41.0 Å². The number of hydrogen-bond acceptors (Lipinski definition) is 4. The summed E-state index contributed by atoms with van der Waals surface area (Å²) >= 11 is 0.568. The van der Waals surface area contributed by atoms with Crippen LogP contribution < -0.4 is 10.6 Å². The Kier molecular flexibility index (Phi) is 7.63. The van der Waals surface area contributed by atoms with Crippen LogP contribution in [-0.2, 0) is 17.1 Å². The summed E-state index contributed by atoms with van der Waals surface area (Å²) in [4.78, 5) is 10.4. The normalized spacial score (nSPS) is 15.7. The van der Waals surface area contributed by atoms with E-state index in [4.69, 9.17) is 5.11 Å². The van der Waals surface area contributed by atoms with Gasteiger partial charge in [-0.25, -0.2) is 4.79 Å². The molecule has 4 nitrogen and oxygen atoms in total. The van der Waals surface area contributed by atoms with E-state index in [2.05, 4.69) is 10.6 Å². The number of alkyl halides is 6. The highest BCUT2D eigenvalue weighted by molar-refractivity contribution is 7.99.